The van der Waals surface area contributed by atoms with Crippen LogP contribution in [-0.4, -0.2) is 66.8 Å². The molecule has 0 aliphatic heterocycles. The van der Waals surface area contributed by atoms with Gasteiger partial charge in [0.2, 0.25) is 0 Å². The molecule has 1 amide bonds. The summed E-state index contributed by atoms with van der Waals surface area (Å²) in [6, 6.07) is 2.67. The standard InChI is InChI=1S/C34H58N6O4S/c1-27(12-9-11-20-35-2)44-39-31-24-32(40(3)25-31)34(42)36-21-10-5-8-15-33(41)43-22-23-45-26-28-16-18-30(19-17-28)38-37-29-13-6-4-7-14-29/h24-25,28-30,35,39H,1,4-23,26H2,2-3H3,(H,36,42). The number of azo groups is 1. The largest absolute Gasteiger partial charge is 0.465 e. The zero-order valence-corrected chi connectivity index (χ0v) is 28.6. The smallest absolute Gasteiger partial charge is 0.305 e. The number of amides is 1. The Balaban J connectivity index is 1.14. The van der Waals surface area contributed by atoms with Crippen LogP contribution in [0, 0.1) is 5.92 Å². The summed E-state index contributed by atoms with van der Waals surface area (Å²) in [5.41, 5.74) is 4.13. The van der Waals surface area contributed by atoms with Crippen LogP contribution in [0.3, 0.4) is 0 Å². The van der Waals surface area contributed by atoms with Gasteiger partial charge in [-0.15, -0.1) is 0 Å². The first-order valence-corrected chi connectivity index (χ1v) is 18.4. The maximum atomic E-state index is 12.6. The van der Waals surface area contributed by atoms with Gasteiger partial charge in [0.15, 0.2) is 0 Å². The molecule has 3 N–H and O–H groups in total. The van der Waals surface area contributed by atoms with Crippen molar-refractivity contribution in [1.29, 1.82) is 0 Å². The van der Waals surface area contributed by atoms with Gasteiger partial charge in [-0.05, 0) is 95.5 Å². The summed E-state index contributed by atoms with van der Waals surface area (Å²) in [5, 5.41) is 15.4. The number of carbonyl (C=O) groups is 2. The molecule has 45 heavy (non-hydrogen) atoms. The van der Waals surface area contributed by atoms with E-state index in [0.29, 0.717) is 48.8 Å². The number of nitrogens with zero attached hydrogens (tertiary/aromatic N) is 3. The molecule has 254 valence electrons. The van der Waals surface area contributed by atoms with E-state index in [1.165, 1.54) is 44.9 Å². The molecule has 0 radical (unpaired) electrons. The van der Waals surface area contributed by atoms with Gasteiger partial charge in [0, 0.05) is 38.4 Å². The number of thioether (sulfide) groups is 1. The number of aryl methyl sites for hydroxylation is 1. The molecule has 10 nitrogen and oxygen atoms in total. The SMILES string of the molecule is C=C(CCCCNC)ONc1cc(C(=O)NCCCCCC(=O)OCCSCC2CCC(N=NC3CCCCC3)CC2)n(C)c1. The number of rotatable bonds is 22. The molecule has 0 atom stereocenters. The minimum atomic E-state index is -0.137. The zero-order chi connectivity index (χ0) is 32.1. The van der Waals surface area contributed by atoms with Crippen molar-refractivity contribution >= 4 is 29.3 Å². The van der Waals surface area contributed by atoms with E-state index in [4.69, 9.17) is 9.57 Å². The third kappa shape index (κ3) is 15.5. The summed E-state index contributed by atoms with van der Waals surface area (Å²) < 4.78 is 7.20. The lowest BCUT2D eigenvalue weighted by Crippen LogP contribution is -2.26. The summed E-state index contributed by atoms with van der Waals surface area (Å²) in [7, 11) is 3.77. The second kappa shape index (κ2) is 22.1. The van der Waals surface area contributed by atoms with E-state index in [2.05, 4.69) is 32.9 Å². The molecule has 0 aromatic carbocycles. The summed E-state index contributed by atoms with van der Waals surface area (Å²) in [5.74, 6) is 3.14. The Kier molecular flexibility index (Phi) is 18.1. The highest BCUT2D eigenvalue weighted by molar-refractivity contribution is 7.99. The predicted molar refractivity (Wildman–Crippen MR) is 184 cm³/mol. The van der Waals surface area contributed by atoms with Crippen molar-refractivity contribution in [2.45, 2.75) is 115 Å². The maximum absolute atomic E-state index is 12.6. The molecular formula is C34H58N6O4S. The summed E-state index contributed by atoms with van der Waals surface area (Å²) in [4.78, 5) is 30.3. The Bertz CT molecular complexity index is 1030. The molecule has 1 aromatic heterocycles. The zero-order valence-electron chi connectivity index (χ0n) is 27.8. The van der Waals surface area contributed by atoms with Crippen molar-refractivity contribution in [2.75, 3.05) is 43.7 Å². The Morgan fingerprint density at radius 1 is 0.956 bits per heavy atom. The molecule has 2 aliphatic rings. The minimum absolute atomic E-state index is 0.129. The van der Waals surface area contributed by atoms with Crippen LogP contribution >= 0.6 is 11.8 Å². The number of allylic oxidation sites excluding steroid dienone is 1. The van der Waals surface area contributed by atoms with Crippen molar-refractivity contribution in [1.82, 2.24) is 15.2 Å². The monoisotopic (exact) mass is 646 g/mol. The number of esters is 1. The predicted octanol–water partition coefficient (Wildman–Crippen LogP) is 7.18. The van der Waals surface area contributed by atoms with Crippen molar-refractivity contribution in [3.63, 3.8) is 0 Å². The first-order chi connectivity index (χ1) is 21.9. The first kappa shape index (κ1) is 36.9. The molecule has 3 rings (SSSR count). The lowest BCUT2D eigenvalue weighted by Gasteiger charge is -2.26. The van der Waals surface area contributed by atoms with E-state index in [-0.39, 0.29) is 11.9 Å². The number of nitrogens with one attached hydrogen (secondary N) is 3. The van der Waals surface area contributed by atoms with Crippen LogP contribution < -0.4 is 16.1 Å². The summed E-state index contributed by atoms with van der Waals surface area (Å²) in [6.07, 6.45) is 18.7. The Labute approximate surface area is 275 Å². The van der Waals surface area contributed by atoms with Gasteiger partial charge in [0.25, 0.3) is 5.91 Å². The van der Waals surface area contributed by atoms with Gasteiger partial charge in [-0.2, -0.15) is 22.0 Å². The molecule has 0 spiro atoms. The van der Waals surface area contributed by atoms with Gasteiger partial charge in [0.05, 0.1) is 17.8 Å². The van der Waals surface area contributed by atoms with E-state index in [1.54, 1.807) is 10.6 Å². The number of aromatic nitrogens is 1. The number of ether oxygens (including phenoxy) is 1. The Morgan fingerprint density at radius 3 is 2.42 bits per heavy atom. The fourth-order valence-electron chi connectivity index (χ4n) is 5.86. The van der Waals surface area contributed by atoms with Gasteiger partial charge in [-0.3, -0.25) is 9.59 Å². The van der Waals surface area contributed by atoms with Gasteiger partial charge in [-0.1, -0.05) is 32.3 Å². The molecule has 2 aliphatic carbocycles. The van der Waals surface area contributed by atoms with Crippen molar-refractivity contribution < 1.29 is 19.2 Å². The van der Waals surface area contributed by atoms with E-state index >= 15 is 0 Å². The third-order valence-electron chi connectivity index (χ3n) is 8.65. The van der Waals surface area contributed by atoms with Crippen LogP contribution in [0.25, 0.3) is 0 Å². The highest BCUT2D eigenvalue weighted by Gasteiger charge is 2.22. The first-order valence-electron chi connectivity index (χ1n) is 17.3. The second-order valence-corrected chi connectivity index (χ2v) is 13.7. The highest BCUT2D eigenvalue weighted by atomic mass is 32.2. The van der Waals surface area contributed by atoms with Crippen LogP contribution in [0.2, 0.25) is 0 Å². The quantitative estimate of drug-likeness (QED) is 0.0401. The second-order valence-electron chi connectivity index (χ2n) is 12.6. The van der Waals surface area contributed by atoms with Crippen molar-refractivity contribution in [3.05, 3.63) is 30.3 Å². The highest BCUT2D eigenvalue weighted by Crippen LogP contribution is 2.30. The average Bonchev–Trinajstić information content (AvgIpc) is 3.43. The molecule has 11 heteroatoms. The fraction of sp³-hybridized carbons (Fsp3) is 0.765. The third-order valence-corrected chi connectivity index (χ3v) is 9.82. The lowest BCUT2D eigenvalue weighted by molar-refractivity contribution is -0.143. The topological polar surface area (TPSA) is 118 Å². The minimum Gasteiger partial charge on any atom is -0.465 e. The Hall–Kier alpha value is -2.53. The van der Waals surface area contributed by atoms with E-state index in [9.17, 15) is 9.59 Å². The fourth-order valence-corrected chi connectivity index (χ4v) is 6.90. The lowest BCUT2D eigenvalue weighted by atomic mass is 9.88. The van der Waals surface area contributed by atoms with Gasteiger partial charge < -0.3 is 24.8 Å². The number of anilines is 1. The average molecular weight is 647 g/mol. The summed E-state index contributed by atoms with van der Waals surface area (Å²) in [6.45, 7) is 5.95. The molecule has 0 bridgehead atoms. The van der Waals surface area contributed by atoms with E-state index < -0.39 is 0 Å². The van der Waals surface area contributed by atoms with Crippen molar-refractivity contribution in [3.8, 4) is 0 Å². The molecule has 0 unspecified atom stereocenters. The van der Waals surface area contributed by atoms with Gasteiger partial charge >= 0.3 is 5.97 Å². The van der Waals surface area contributed by atoms with Gasteiger partial charge in [-0.25, -0.2) is 5.48 Å². The van der Waals surface area contributed by atoms with E-state index in [0.717, 1.165) is 75.3 Å². The molecule has 1 aromatic rings. The summed E-state index contributed by atoms with van der Waals surface area (Å²) >= 11 is 1.90. The number of carbonyl (C=O) groups excluding carboxylic acids is 2. The number of hydrogen-bond acceptors (Lipinski definition) is 9. The molecule has 2 fully saturated rings. The van der Waals surface area contributed by atoms with E-state index in [1.807, 2.05) is 32.1 Å². The van der Waals surface area contributed by atoms with Crippen LogP contribution in [0.1, 0.15) is 113 Å². The van der Waals surface area contributed by atoms with Crippen LogP contribution in [0.4, 0.5) is 5.69 Å². The molecule has 0 saturated heterocycles. The van der Waals surface area contributed by atoms with Crippen LogP contribution in [0.5, 0.6) is 0 Å². The number of hydrogen-bond donors (Lipinski definition) is 3. The molecule has 1 heterocycles. The molecular weight excluding hydrogens is 588 g/mol. The number of unbranched alkanes of at least 4 members (excludes halogenated alkanes) is 3. The van der Waals surface area contributed by atoms with Crippen molar-refractivity contribution in [2.24, 2.45) is 23.2 Å². The van der Waals surface area contributed by atoms with Crippen LogP contribution in [0.15, 0.2) is 34.8 Å². The maximum Gasteiger partial charge on any atom is 0.305 e. The molecule has 2 saturated carbocycles. The van der Waals surface area contributed by atoms with Gasteiger partial charge in [0.1, 0.15) is 18.1 Å². The van der Waals surface area contributed by atoms with Crippen LogP contribution in [-0.2, 0) is 21.4 Å². The Morgan fingerprint density at radius 2 is 1.67 bits per heavy atom. The normalized spacial score (nSPS) is 19.0.